The largest absolute Gasteiger partial charge is 0.444 e. The monoisotopic (exact) mass is 397 g/mol. The Labute approximate surface area is 170 Å². The third-order valence-corrected chi connectivity index (χ3v) is 3.77. The normalized spacial score (nSPS) is 10.7. The third-order valence-electron chi connectivity index (χ3n) is 3.77. The first-order valence-electron chi connectivity index (χ1n) is 9.38. The minimum atomic E-state index is -0.658. The van der Waals surface area contributed by atoms with Gasteiger partial charge in [-0.15, -0.1) is 0 Å². The smallest absolute Gasteiger partial charge is 0.408 e. The van der Waals surface area contributed by atoms with Gasteiger partial charge in [-0.2, -0.15) is 0 Å². The molecule has 2 aromatic carbocycles. The van der Waals surface area contributed by atoms with Crippen molar-refractivity contribution >= 4 is 23.6 Å². The number of benzene rings is 2. The fourth-order valence-electron chi connectivity index (χ4n) is 2.49. The van der Waals surface area contributed by atoms with Gasteiger partial charge in [-0.1, -0.05) is 48.5 Å². The fourth-order valence-corrected chi connectivity index (χ4v) is 2.49. The lowest BCUT2D eigenvalue weighted by molar-refractivity contribution is -0.120. The molecule has 0 radical (unpaired) electrons. The highest BCUT2D eigenvalue weighted by Gasteiger charge is 2.17. The molecular weight excluding hydrogens is 370 g/mol. The van der Waals surface area contributed by atoms with Crippen LogP contribution in [0.15, 0.2) is 54.6 Å². The minimum absolute atomic E-state index is 0.107. The second-order valence-corrected chi connectivity index (χ2v) is 7.50. The second-order valence-electron chi connectivity index (χ2n) is 7.50. The van der Waals surface area contributed by atoms with E-state index in [0.29, 0.717) is 5.69 Å². The van der Waals surface area contributed by atoms with Gasteiger partial charge in [0.1, 0.15) is 12.1 Å². The van der Waals surface area contributed by atoms with Gasteiger partial charge in [0.15, 0.2) is 0 Å². The summed E-state index contributed by atoms with van der Waals surface area (Å²) >= 11 is 0. The van der Waals surface area contributed by atoms with Crippen molar-refractivity contribution in [1.29, 1.82) is 0 Å². The average Bonchev–Trinajstić information content (AvgIpc) is 2.65. The van der Waals surface area contributed by atoms with Crippen LogP contribution in [0.4, 0.5) is 10.5 Å². The van der Waals surface area contributed by atoms with Gasteiger partial charge in [-0.3, -0.25) is 9.59 Å². The molecule has 2 rings (SSSR count). The van der Waals surface area contributed by atoms with Crippen molar-refractivity contribution in [2.75, 3.05) is 11.9 Å². The second kappa shape index (κ2) is 10.3. The topological polar surface area (TPSA) is 96.5 Å². The summed E-state index contributed by atoms with van der Waals surface area (Å²) in [6, 6.07) is 16.6. The lowest BCUT2D eigenvalue weighted by atomic mass is 10.1. The highest BCUT2D eigenvalue weighted by atomic mass is 16.6. The number of rotatable bonds is 7. The molecule has 0 aromatic heterocycles. The highest BCUT2D eigenvalue weighted by molar-refractivity contribution is 5.94. The Bertz CT molecular complexity index is 845. The zero-order valence-corrected chi connectivity index (χ0v) is 17.0. The maximum absolute atomic E-state index is 12.2. The molecule has 0 heterocycles. The van der Waals surface area contributed by atoms with Crippen molar-refractivity contribution in [2.24, 2.45) is 0 Å². The van der Waals surface area contributed by atoms with Crippen molar-refractivity contribution in [3.8, 4) is 0 Å². The predicted molar refractivity (Wildman–Crippen MR) is 111 cm³/mol. The number of para-hydroxylation sites is 1. The minimum Gasteiger partial charge on any atom is -0.444 e. The number of ether oxygens (including phenoxy) is 1. The van der Waals surface area contributed by atoms with Crippen molar-refractivity contribution in [3.63, 3.8) is 0 Å². The highest BCUT2D eigenvalue weighted by Crippen LogP contribution is 2.15. The molecule has 0 spiro atoms. The molecule has 0 aliphatic rings. The van der Waals surface area contributed by atoms with E-state index in [4.69, 9.17) is 4.74 Å². The molecule has 29 heavy (non-hydrogen) atoms. The Hall–Kier alpha value is -3.35. The molecule has 154 valence electrons. The van der Waals surface area contributed by atoms with Crippen LogP contribution in [0.1, 0.15) is 31.9 Å². The van der Waals surface area contributed by atoms with Crippen molar-refractivity contribution in [1.82, 2.24) is 10.6 Å². The van der Waals surface area contributed by atoms with Crippen molar-refractivity contribution in [2.45, 2.75) is 39.3 Å². The molecule has 0 atom stereocenters. The first-order chi connectivity index (χ1) is 13.7. The molecule has 0 saturated heterocycles. The van der Waals surface area contributed by atoms with Gasteiger partial charge in [0.05, 0.1) is 6.42 Å². The van der Waals surface area contributed by atoms with Crippen molar-refractivity contribution in [3.05, 3.63) is 65.7 Å². The first-order valence-corrected chi connectivity index (χ1v) is 9.38. The van der Waals surface area contributed by atoms with E-state index in [1.807, 2.05) is 42.5 Å². The Morgan fingerprint density at radius 2 is 1.52 bits per heavy atom. The number of alkyl carbamates (subject to hydrolysis) is 1. The zero-order chi connectivity index (χ0) is 21.3. The summed E-state index contributed by atoms with van der Waals surface area (Å²) in [4.78, 5) is 35.9. The summed E-state index contributed by atoms with van der Waals surface area (Å²) in [5, 5.41) is 8.01. The van der Waals surface area contributed by atoms with Gasteiger partial charge in [-0.25, -0.2) is 4.79 Å². The quantitative estimate of drug-likeness (QED) is 0.669. The lowest BCUT2D eigenvalue weighted by Crippen LogP contribution is -2.37. The molecule has 7 nitrogen and oxygen atoms in total. The Morgan fingerprint density at radius 3 is 2.21 bits per heavy atom. The maximum Gasteiger partial charge on any atom is 0.408 e. The van der Waals surface area contributed by atoms with Crippen molar-refractivity contribution < 1.29 is 19.1 Å². The van der Waals surface area contributed by atoms with E-state index in [-0.39, 0.29) is 31.3 Å². The number of amides is 3. The van der Waals surface area contributed by atoms with Gasteiger partial charge in [0, 0.05) is 12.2 Å². The number of hydrogen-bond donors (Lipinski definition) is 3. The lowest BCUT2D eigenvalue weighted by Gasteiger charge is -2.19. The summed E-state index contributed by atoms with van der Waals surface area (Å²) in [6.45, 7) is 5.30. The molecule has 3 amide bonds. The maximum atomic E-state index is 12.2. The molecule has 0 saturated carbocycles. The van der Waals surface area contributed by atoms with Crippen LogP contribution in [0, 0.1) is 0 Å². The number of hydrogen-bond acceptors (Lipinski definition) is 4. The third kappa shape index (κ3) is 8.47. The Kier molecular flexibility index (Phi) is 7.77. The standard InChI is InChI=1S/C22H27N3O4/c1-22(2,3)29-21(28)24-15-20(27)25-18-12-8-7-11-17(18)14-23-19(26)13-16-9-5-4-6-10-16/h4-12H,13-15H2,1-3H3,(H,23,26)(H,24,28)(H,25,27). The van der Waals surface area contributed by atoms with E-state index < -0.39 is 11.7 Å². The van der Waals surface area contributed by atoms with Gasteiger partial charge in [-0.05, 0) is 38.0 Å². The number of nitrogens with one attached hydrogen (secondary N) is 3. The summed E-state index contributed by atoms with van der Waals surface area (Å²) in [5.41, 5.74) is 1.63. The fraction of sp³-hybridized carbons (Fsp3) is 0.318. The van der Waals surface area contributed by atoms with Gasteiger partial charge in [0.2, 0.25) is 11.8 Å². The summed E-state index contributed by atoms with van der Waals surface area (Å²) in [7, 11) is 0. The Balaban J connectivity index is 1.85. The molecule has 0 fully saturated rings. The van der Waals surface area contributed by atoms with Crippen LogP contribution < -0.4 is 16.0 Å². The number of carbonyl (C=O) groups is 3. The summed E-state index contributed by atoms with van der Waals surface area (Å²) < 4.78 is 5.10. The molecular formula is C22H27N3O4. The van der Waals surface area contributed by atoms with Gasteiger partial charge in [0.25, 0.3) is 0 Å². The van der Waals surface area contributed by atoms with Crippen LogP contribution in [-0.4, -0.2) is 30.1 Å². The van der Waals surface area contributed by atoms with Crippen LogP contribution in [0.5, 0.6) is 0 Å². The number of carbonyl (C=O) groups excluding carboxylic acids is 3. The van der Waals surface area contributed by atoms with Crippen LogP contribution >= 0.6 is 0 Å². The molecule has 0 unspecified atom stereocenters. The Morgan fingerprint density at radius 1 is 0.862 bits per heavy atom. The van der Waals surface area contributed by atoms with Gasteiger partial charge >= 0.3 is 6.09 Å². The van der Waals surface area contributed by atoms with E-state index in [0.717, 1.165) is 11.1 Å². The summed E-state index contributed by atoms with van der Waals surface area (Å²) in [6.07, 6.45) is -0.371. The molecule has 7 heteroatoms. The molecule has 2 aromatic rings. The van der Waals surface area contributed by atoms with E-state index in [2.05, 4.69) is 16.0 Å². The molecule has 0 aliphatic carbocycles. The van der Waals surface area contributed by atoms with E-state index in [1.165, 1.54) is 0 Å². The number of anilines is 1. The van der Waals surface area contributed by atoms with Gasteiger partial charge < -0.3 is 20.7 Å². The van der Waals surface area contributed by atoms with Crippen LogP contribution in [-0.2, 0) is 27.3 Å². The molecule has 0 aliphatic heterocycles. The van der Waals surface area contributed by atoms with E-state index in [1.54, 1.807) is 32.9 Å². The molecule has 0 bridgehead atoms. The average molecular weight is 397 g/mol. The first kappa shape index (κ1) is 21.9. The van der Waals surface area contributed by atoms with E-state index in [9.17, 15) is 14.4 Å². The van der Waals surface area contributed by atoms with Crippen LogP contribution in [0.3, 0.4) is 0 Å². The summed E-state index contributed by atoms with van der Waals surface area (Å²) in [5.74, 6) is -0.497. The van der Waals surface area contributed by atoms with E-state index >= 15 is 0 Å². The van der Waals surface area contributed by atoms with Crippen LogP contribution in [0.25, 0.3) is 0 Å². The molecule has 3 N–H and O–H groups in total. The van der Waals surface area contributed by atoms with Crippen LogP contribution in [0.2, 0.25) is 0 Å². The zero-order valence-electron chi connectivity index (χ0n) is 17.0. The predicted octanol–water partition coefficient (Wildman–Crippen LogP) is 3.01. The SMILES string of the molecule is CC(C)(C)OC(=O)NCC(=O)Nc1ccccc1CNC(=O)Cc1ccccc1.